The molecule has 0 amide bonds. The third kappa shape index (κ3) is 3.64. The number of nitrogens with zero attached hydrogens (tertiary/aromatic N) is 1. The fraction of sp³-hybridized carbons (Fsp3) is 0.900. The lowest BCUT2D eigenvalue weighted by Crippen LogP contribution is -2.41. The van der Waals surface area contributed by atoms with Crippen LogP contribution < -0.4 is 0 Å². The minimum Gasteiger partial charge on any atom is -0.480 e. The van der Waals surface area contributed by atoms with E-state index in [1.54, 1.807) is 0 Å². The van der Waals surface area contributed by atoms with Gasteiger partial charge in [0.1, 0.15) is 0 Å². The number of hydrogen-bond acceptors (Lipinski definition) is 3. The van der Waals surface area contributed by atoms with Gasteiger partial charge in [-0.3, -0.25) is 9.69 Å². The maximum Gasteiger partial charge on any atom is 0.317 e. The Bertz CT molecular complexity index is 178. The minimum atomic E-state index is -0.802. The zero-order chi connectivity index (χ0) is 10.4. The lowest BCUT2D eigenvalue weighted by molar-refractivity contribution is -0.139. The maximum atomic E-state index is 10.6. The van der Waals surface area contributed by atoms with Gasteiger partial charge >= 0.3 is 5.97 Å². The monoisotopic (exact) mass is 201 g/mol. The molecule has 2 N–H and O–H groups in total. The molecule has 0 heterocycles. The molecule has 0 aromatic rings. The molecule has 1 fully saturated rings. The van der Waals surface area contributed by atoms with Crippen molar-refractivity contribution in [1.29, 1.82) is 0 Å². The second-order valence-corrected chi connectivity index (χ2v) is 3.88. The van der Waals surface area contributed by atoms with Crippen molar-refractivity contribution in [2.24, 2.45) is 0 Å². The van der Waals surface area contributed by atoms with Crippen LogP contribution >= 0.6 is 0 Å². The van der Waals surface area contributed by atoms with Gasteiger partial charge in [-0.05, 0) is 12.8 Å². The summed E-state index contributed by atoms with van der Waals surface area (Å²) in [5.74, 6) is -0.802. The SMILES string of the molecule is O=C(O)CN(CCO)C1CCCCC1. The highest BCUT2D eigenvalue weighted by Crippen LogP contribution is 2.22. The number of carboxylic acid groups (broad SMARTS) is 1. The van der Waals surface area contributed by atoms with Crippen molar-refractivity contribution in [1.82, 2.24) is 4.90 Å². The molecule has 4 heteroatoms. The first-order chi connectivity index (χ1) is 6.74. The number of aliphatic hydroxyl groups excluding tert-OH is 1. The molecule has 1 aliphatic rings. The summed E-state index contributed by atoms with van der Waals surface area (Å²) in [6.07, 6.45) is 5.79. The summed E-state index contributed by atoms with van der Waals surface area (Å²) in [6.45, 7) is 0.589. The number of aliphatic hydroxyl groups is 1. The van der Waals surface area contributed by atoms with E-state index in [0.29, 0.717) is 12.6 Å². The Morgan fingerprint density at radius 1 is 1.29 bits per heavy atom. The zero-order valence-corrected chi connectivity index (χ0v) is 8.48. The summed E-state index contributed by atoms with van der Waals surface area (Å²) in [5, 5.41) is 17.6. The van der Waals surface area contributed by atoms with Gasteiger partial charge in [-0.1, -0.05) is 19.3 Å². The van der Waals surface area contributed by atoms with Crippen LogP contribution in [0, 0.1) is 0 Å². The molecule has 0 bridgehead atoms. The summed E-state index contributed by atoms with van der Waals surface area (Å²) in [6, 6.07) is 0.368. The topological polar surface area (TPSA) is 60.8 Å². The molecule has 1 rings (SSSR count). The van der Waals surface area contributed by atoms with Crippen molar-refractivity contribution < 1.29 is 15.0 Å². The number of rotatable bonds is 5. The molecule has 1 saturated carbocycles. The maximum absolute atomic E-state index is 10.6. The molecule has 0 radical (unpaired) electrons. The fourth-order valence-corrected chi connectivity index (χ4v) is 2.14. The van der Waals surface area contributed by atoms with Gasteiger partial charge in [0.05, 0.1) is 13.2 Å². The van der Waals surface area contributed by atoms with Crippen molar-refractivity contribution in [2.45, 2.75) is 38.1 Å². The largest absolute Gasteiger partial charge is 0.480 e. The van der Waals surface area contributed by atoms with Crippen LogP contribution in [0.15, 0.2) is 0 Å². The lowest BCUT2D eigenvalue weighted by Gasteiger charge is -2.32. The number of hydrogen-bond donors (Lipinski definition) is 2. The Morgan fingerprint density at radius 3 is 2.43 bits per heavy atom. The van der Waals surface area contributed by atoms with Gasteiger partial charge in [0, 0.05) is 12.6 Å². The average molecular weight is 201 g/mol. The van der Waals surface area contributed by atoms with Gasteiger partial charge in [-0.25, -0.2) is 0 Å². The molecule has 82 valence electrons. The second-order valence-electron chi connectivity index (χ2n) is 3.88. The van der Waals surface area contributed by atoms with Gasteiger partial charge < -0.3 is 10.2 Å². The third-order valence-corrected chi connectivity index (χ3v) is 2.82. The minimum absolute atomic E-state index is 0.0454. The normalized spacial score (nSPS) is 18.7. The van der Waals surface area contributed by atoms with Gasteiger partial charge in [0.25, 0.3) is 0 Å². The standard InChI is InChI=1S/C10H19NO3/c12-7-6-11(8-10(13)14)9-4-2-1-3-5-9/h9,12H,1-8H2,(H,13,14). The van der Waals surface area contributed by atoms with Crippen LogP contribution in [-0.4, -0.2) is 46.8 Å². The molecule has 0 atom stereocenters. The van der Waals surface area contributed by atoms with E-state index < -0.39 is 5.97 Å². The van der Waals surface area contributed by atoms with Crippen LogP contribution in [0.3, 0.4) is 0 Å². The molecule has 0 spiro atoms. The highest BCUT2D eigenvalue weighted by molar-refractivity contribution is 5.69. The quantitative estimate of drug-likeness (QED) is 0.687. The van der Waals surface area contributed by atoms with E-state index in [2.05, 4.69) is 0 Å². The summed E-state index contributed by atoms with van der Waals surface area (Å²) >= 11 is 0. The van der Waals surface area contributed by atoms with Crippen LogP contribution in [-0.2, 0) is 4.79 Å². The molecule has 0 aromatic carbocycles. The van der Waals surface area contributed by atoms with Crippen LogP contribution in [0.2, 0.25) is 0 Å². The Morgan fingerprint density at radius 2 is 1.93 bits per heavy atom. The molecular weight excluding hydrogens is 182 g/mol. The number of carboxylic acids is 1. The molecule has 1 aliphatic carbocycles. The van der Waals surface area contributed by atoms with Crippen molar-refractivity contribution in [2.75, 3.05) is 19.7 Å². The van der Waals surface area contributed by atoms with Gasteiger partial charge in [-0.2, -0.15) is 0 Å². The van der Waals surface area contributed by atoms with E-state index in [1.807, 2.05) is 4.90 Å². The van der Waals surface area contributed by atoms with E-state index in [0.717, 1.165) is 12.8 Å². The zero-order valence-electron chi connectivity index (χ0n) is 8.48. The first-order valence-corrected chi connectivity index (χ1v) is 5.30. The molecule has 0 unspecified atom stereocenters. The molecule has 14 heavy (non-hydrogen) atoms. The highest BCUT2D eigenvalue weighted by Gasteiger charge is 2.22. The fourth-order valence-electron chi connectivity index (χ4n) is 2.14. The van der Waals surface area contributed by atoms with E-state index >= 15 is 0 Å². The summed E-state index contributed by atoms with van der Waals surface area (Å²) in [7, 11) is 0. The smallest absolute Gasteiger partial charge is 0.317 e. The number of carbonyl (C=O) groups is 1. The molecule has 0 saturated heterocycles. The second kappa shape index (κ2) is 5.98. The third-order valence-electron chi connectivity index (χ3n) is 2.82. The highest BCUT2D eigenvalue weighted by atomic mass is 16.4. The number of aliphatic carboxylic acids is 1. The van der Waals surface area contributed by atoms with E-state index in [-0.39, 0.29) is 13.2 Å². The van der Waals surface area contributed by atoms with Crippen LogP contribution in [0.25, 0.3) is 0 Å². The van der Waals surface area contributed by atoms with Crippen molar-refractivity contribution in [3.8, 4) is 0 Å². The molecular formula is C10H19NO3. The van der Waals surface area contributed by atoms with Gasteiger partial charge in [0.15, 0.2) is 0 Å². The summed E-state index contributed by atoms with van der Waals surface area (Å²) in [5.41, 5.74) is 0. The van der Waals surface area contributed by atoms with E-state index in [9.17, 15) is 4.79 Å². The van der Waals surface area contributed by atoms with Crippen molar-refractivity contribution >= 4 is 5.97 Å². The predicted molar refractivity (Wildman–Crippen MR) is 53.2 cm³/mol. The Hall–Kier alpha value is -0.610. The Balaban J connectivity index is 2.42. The van der Waals surface area contributed by atoms with Crippen LogP contribution in [0.1, 0.15) is 32.1 Å². The molecule has 0 aromatic heterocycles. The Labute approximate surface area is 84.5 Å². The molecule has 4 nitrogen and oxygen atoms in total. The van der Waals surface area contributed by atoms with Crippen molar-refractivity contribution in [3.63, 3.8) is 0 Å². The summed E-state index contributed by atoms with van der Waals surface area (Å²) < 4.78 is 0. The van der Waals surface area contributed by atoms with Gasteiger partial charge in [0.2, 0.25) is 0 Å². The average Bonchev–Trinajstić information content (AvgIpc) is 2.18. The lowest BCUT2D eigenvalue weighted by atomic mass is 9.94. The first-order valence-electron chi connectivity index (χ1n) is 5.30. The Kier molecular flexibility index (Phi) is 4.90. The van der Waals surface area contributed by atoms with E-state index in [4.69, 9.17) is 10.2 Å². The van der Waals surface area contributed by atoms with Crippen molar-refractivity contribution in [3.05, 3.63) is 0 Å². The predicted octanol–water partition coefficient (Wildman–Crippen LogP) is 0.698. The molecule has 0 aliphatic heterocycles. The summed E-state index contributed by atoms with van der Waals surface area (Å²) in [4.78, 5) is 12.5. The first kappa shape index (κ1) is 11.5. The van der Waals surface area contributed by atoms with Gasteiger partial charge in [-0.15, -0.1) is 0 Å². The van der Waals surface area contributed by atoms with Crippen LogP contribution in [0.5, 0.6) is 0 Å². The van der Waals surface area contributed by atoms with E-state index in [1.165, 1.54) is 19.3 Å². The van der Waals surface area contributed by atoms with Crippen LogP contribution in [0.4, 0.5) is 0 Å².